The molecule has 2 heterocycles. The zero-order valence-corrected chi connectivity index (χ0v) is 17.6. The summed E-state index contributed by atoms with van der Waals surface area (Å²) < 4.78 is 0. The molecule has 2 aromatic rings. The van der Waals surface area contributed by atoms with Crippen molar-refractivity contribution in [3.8, 4) is 0 Å². The van der Waals surface area contributed by atoms with E-state index < -0.39 is 0 Å². The quantitative estimate of drug-likeness (QED) is 0.731. The largest absolute Gasteiger partial charge is 0.322 e. The molecule has 0 unspecified atom stereocenters. The van der Waals surface area contributed by atoms with Crippen molar-refractivity contribution >= 4 is 17.5 Å². The summed E-state index contributed by atoms with van der Waals surface area (Å²) in [6, 6.07) is 14.4. The summed E-state index contributed by atoms with van der Waals surface area (Å²) in [4.78, 5) is 30.3. The molecule has 0 spiro atoms. The molecule has 5 heteroatoms. The number of hydrogen-bond donors (Lipinski definition) is 2. The Kier molecular flexibility index (Phi) is 5.52. The molecule has 152 valence electrons. The first-order chi connectivity index (χ1) is 13.9. The molecule has 0 aliphatic carbocycles. The van der Waals surface area contributed by atoms with Crippen LogP contribution in [0.25, 0.3) is 0 Å². The molecule has 0 bridgehead atoms. The van der Waals surface area contributed by atoms with Gasteiger partial charge in [-0.3, -0.25) is 9.59 Å². The van der Waals surface area contributed by atoms with Crippen LogP contribution in [-0.2, 0) is 16.1 Å². The van der Waals surface area contributed by atoms with Gasteiger partial charge in [0.15, 0.2) is 6.04 Å². The van der Waals surface area contributed by atoms with Crippen LogP contribution in [0.1, 0.15) is 28.7 Å². The number of hydrogen-bond acceptors (Lipinski definition) is 2. The van der Waals surface area contributed by atoms with Gasteiger partial charge in [0.2, 0.25) is 5.91 Å². The van der Waals surface area contributed by atoms with Gasteiger partial charge in [-0.05, 0) is 31.9 Å². The van der Waals surface area contributed by atoms with Gasteiger partial charge in [-0.2, -0.15) is 0 Å². The third-order valence-electron chi connectivity index (χ3n) is 6.44. The summed E-state index contributed by atoms with van der Waals surface area (Å²) in [6.07, 6.45) is 0.329. The monoisotopic (exact) mass is 393 g/mol. The van der Waals surface area contributed by atoms with Gasteiger partial charge in [0.1, 0.15) is 32.7 Å². The molecule has 2 saturated heterocycles. The number of quaternary nitrogens is 2. The van der Waals surface area contributed by atoms with Crippen LogP contribution in [0.4, 0.5) is 5.69 Å². The normalized spacial score (nSPS) is 24.9. The number of anilines is 1. The summed E-state index contributed by atoms with van der Waals surface area (Å²) in [7, 11) is 0. The molecule has 2 aromatic carbocycles. The second-order valence-electron chi connectivity index (χ2n) is 8.64. The Hall–Kier alpha value is -2.50. The number of nitrogens with one attached hydrogen (secondary N) is 2. The highest BCUT2D eigenvalue weighted by atomic mass is 16.2. The number of nitrogens with zero attached hydrogens (tertiary/aromatic N) is 1. The van der Waals surface area contributed by atoms with Crippen molar-refractivity contribution in [2.75, 3.05) is 31.1 Å². The Morgan fingerprint density at radius 1 is 0.931 bits per heavy atom. The number of benzene rings is 2. The average molecular weight is 394 g/mol. The summed E-state index contributed by atoms with van der Waals surface area (Å²) in [5.74, 6) is -0.0797. The summed E-state index contributed by atoms with van der Waals surface area (Å²) in [5, 5.41) is 0. The number of aryl methyl sites for hydroxylation is 3. The number of rotatable bonds is 4. The Morgan fingerprint density at radius 2 is 1.59 bits per heavy atom. The highest BCUT2D eigenvalue weighted by Crippen LogP contribution is 2.29. The minimum Gasteiger partial charge on any atom is -0.322 e. The van der Waals surface area contributed by atoms with E-state index in [-0.39, 0.29) is 17.9 Å². The van der Waals surface area contributed by atoms with Crippen LogP contribution >= 0.6 is 0 Å². The van der Waals surface area contributed by atoms with Crippen LogP contribution in [-0.4, -0.2) is 44.0 Å². The number of piperazine rings is 1. The van der Waals surface area contributed by atoms with Crippen LogP contribution in [0, 0.1) is 20.8 Å². The van der Waals surface area contributed by atoms with Crippen LogP contribution in [0.5, 0.6) is 0 Å². The molecule has 2 N–H and O–H groups in total. The third kappa shape index (κ3) is 3.98. The van der Waals surface area contributed by atoms with Crippen molar-refractivity contribution in [1.82, 2.24) is 0 Å². The van der Waals surface area contributed by atoms with Crippen molar-refractivity contribution in [2.24, 2.45) is 0 Å². The Morgan fingerprint density at radius 3 is 2.24 bits per heavy atom. The molecule has 2 fully saturated rings. The molecule has 2 aliphatic rings. The number of carbonyl (C=O) groups excluding carboxylic acids is 2. The standard InChI is InChI=1S/C24H29N3O2/c1-17-6-4-9-20(14-17)16-25-10-12-26(13-11-25)21-15-22(28)27(24(21)29)23-18(2)7-5-8-19(23)3/h4-9,14,21H,10-13,15-16H2,1-3H3/p+2/t21-/m0/s1. The van der Waals surface area contributed by atoms with Gasteiger partial charge >= 0.3 is 0 Å². The second kappa shape index (κ2) is 8.09. The van der Waals surface area contributed by atoms with Gasteiger partial charge in [0.25, 0.3) is 5.91 Å². The topological polar surface area (TPSA) is 46.3 Å². The maximum absolute atomic E-state index is 13.2. The summed E-state index contributed by atoms with van der Waals surface area (Å²) >= 11 is 0. The average Bonchev–Trinajstić information content (AvgIpc) is 2.97. The van der Waals surface area contributed by atoms with E-state index in [0.717, 1.165) is 49.5 Å². The first kappa shape index (κ1) is 19.8. The molecule has 0 aromatic heterocycles. The van der Waals surface area contributed by atoms with Gasteiger partial charge < -0.3 is 9.80 Å². The number of para-hydroxylation sites is 1. The van der Waals surface area contributed by atoms with Gasteiger partial charge in [-0.1, -0.05) is 48.0 Å². The number of imide groups is 1. The zero-order valence-electron chi connectivity index (χ0n) is 17.6. The third-order valence-corrected chi connectivity index (χ3v) is 6.44. The van der Waals surface area contributed by atoms with Gasteiger partial charge in [0.05, 0.1) is 12.1 Å². The predicted octanol–water partition coefficient (Wildman–Crippen LogP) is 0.227. The molecular formula is C24H31N3O2+2. The van der Waals surface area contributed by atoms with E-state index in [9.17, 15) is 9.59 Å². The Balaban J connectivity index is 1.42. The van der Waals surface area contributed by atoms with Gasteiger partial charge in [0, 0.05) is 5.56 Å². The van der Waals surface area contributed by atoms with E-state index in [1.54, 1.807) is 4.90 Å². The van der Waals surface area contributed by atoms with Crippen molar-refractivity contribution in [1.29, 1.82) is 0 Å². The molecule has 2 amide bonds. The lowest BCUT2D eigenvalue weighted by Gasteiger charge is -2.32. The SMILES string of the molecule is Cc1cccc(C[NH+]2CC[NH+]([C@H]3CC(=O)N(c4c(C)cccc4C)C3=O)CC2)c1. The van der Waals surface area contributed by atoms with E-state index >= 15 is 0 Å². The summed E-state index contributed by atoms with van der Waals surface area (Å²) in [6.45, 7) is 11.0. The van der Waals surface area contributed by atoms with E-state index in [2.05, 4.69) is 31.2 Å². The lowest BCUT2D eigenvalue weighted by molar-refractivity contribution is -1.02. The first-order valence-corrected chi connectivity index (χ1v) is 10.6. The molecule has 0 radical (unpaired) electrons. The van der Waals surface area contributed by atoms with E-state index in [1.807, 2.05) is 32.0 Å². The molecule has 5 nitrogen and oxygen atoms in total. The fraction of sp³-hybridized carbons (Fsp3) is 0.417. The Labute approximate surface area is 172 Å². The minimum atomic E-state index is -0.234. The maximum Gasteiger partial charge on any atom is 0.292 e. The van der Waals surface area contributed by atoms with E-state index in [4.69, 9.17) is 0 Å². The second-order valence-corrected chi connectivity index (χ2v) is 8.64. The highest BCUT2D eigenvalue weighted by Gasteiger charge is 2.47. The maximum atomic E-state index is 13.2. The molecule has 29 heavy (non-hydrogen) atoms. The number of amides is 2. The summed E-state index contributed by atoms with van der Waals surface area (Å²) in [5.41, 5.74) is 5.42. The lowest BCUT2D eigenvalue weighted by Crippen LogP contribution is -3.29. The van der Waals surface area contributed by atoms with Crippen molar-refractivity contribution < 1.29 is 19.4 Å². The lowest BCUT2D eigenvalue weighted by atomic mass is 10.1. The molecule has 2 aliphatic heterocycles. The smallest absolute Gasteiger partial charge is 0.292 e. The first-order valence-electron chi connectivity index (χ1n) is 10.6. The van der Waals surface area contributed by atoms with Crippen molar-refractivity contribution in [3.05, 3.63) is 64.7 Å². The predicted molar refractivity (Wildman–Crippen MR) is 113 cm³/mol. The molecule has 1 atom stereocenters. The van der Waals surface area contributed by atoms with E-state index in [1.165, 1.54) is 20.9 Å². The minimum absolute atomic E-state index is 0.0236. The number of carbonyl (C=O) groups is 2. The van der Waals surface area contributed by atoms with Gasteiger partial charge in [-0.15, -0.1) is 0 Å². The highest BCUT2D eigenvalue weighted by molar-refractivity contribution is 6.22. The fourth-order valence-corrected chi connectivity index (χ4v) is 4.90. The van der Waals surface area contributed by atoms with Crippen LogP contribution in [0.15, 0.2) is 42.5 Å². The Bertz CT molecular complexity index is 911. The van der Waals surface area contributed by atoms with Crippen molar-refractivity contribution in [3.63, 3.8) is 0 Å². The fourth-order valence-electron chi connectivity index (χ4n) is 4.90. The van der Waals surface area contributed by atoms with Crippen LogP contribution < -0.4 is 14.7 Å². The van der Waals surface area contributed by atoms with Crippen LogP contribution in [0.2, 0.25) is 0 Å². The van der Waals surface area contributed by atoms with E-state index in [0.29, 0.717) is 6.42 Å². The molecular weight excluding hydrogens is 362 g/mol. The zero-order chi connectivity index (χ0) is 20.5. The van der Waals surface area contributed by atoms with Crippen LogP contribution in [0.3, 0.4) is 0 Å². The molecule has 0 saturated carbocycles. The molecule has 4 rings (SSSR count). The van der Waals surface area contributed by atoms with Crippen molar-refractivity contribution in [2.45, 2.75) is 39.8 Å². The van der Waals surface area contributed by atoms with Gasteiger partial charge in [-0.25, -0.2) is 4.90 Å².